The Morgan fingerprint density at radius 2 is 1.82 bits per heavy atom. The van der Waals surface area contributed by atoms with Crippen LogP contribution in [0.4, 0.5) is 0 Å². The number of hydrogen-bond acceptors (Lipinski definition) is 5. The fourth-order valence-corrected chi connectivity index (χ4v) is 3.27. The quantitative estimate of drug-likeness (QED) is 0.674. The monoisotopic (exact) mass is 330 g/mol. The van der Waals surface area contributed by atoms with Crippen LogP contribution < -0.4 is 10.1 Å². The Bertz CT molecular complexity index is 567. The third-order valence-corrected chi connectivity index (χ3v) is 5.03. The van der Waals surface area contributed by atoms with Gasteiger partial charge in [0.25, 0.3) is 5.91 Å². The predicted octanol–water partition coefficient (Wildman–Crippen LogP) is 0.204. The number of aliphatic hydroxyl groups excluding tert-OH is 1. The van der Waals surface area contributed by atoms with E-state index in [1.165, 1.54) is 28.6 Å². The molecule has 0 aromatic heterocycles. The molecule has 2 N–H and O–H groups in total. The summed E-state index contributed by atoms with van der Waals surface area (Å²) in [7, 11) is -3.49. The second kappa shape index (κ2) is 8.72. The summed E-state index contributed by atoms with van der Waals surface area (Å²) in [5.74, 6) is 0.0477. The highest BCUT2D eigenvalue weighted by molar-refractivity contribution is 7.89. The van der Waals surface area contributed by atoms with Gasteiger partial charge in [0.05, 0.1) is 11.5 Å². The molecule has 0 heterocycles. The number of aliphatic hydroxyl groups is 1. The number of sulfonamides is 1. The first-order chi connectivity index (χ1) is 10.5. The Kier molecular flexibility index (Phi) is 7.30. The molecular formula is C14H22N2O5S. The van der Waals surface area contributed by atoms with E-state index >= 15 is 0 Å². The smallest absolute Gasteiger partial charge is 0.258 e. The molecule has 0 atom stereocenters. The summed E-state index contributed by atoms with van der Waals surface area (Å²) in [6.45, 7) is 4.21. The molecule has 22 heavy (non-hydrogen) atoms. The van der Waals surface area contributed by atoms with E-state index in [2.05, 4.69) is 5.32 Å². The molecule has 0 aliphatic rings. The highest BCUT2D eigenvalue weighted by atomic mass is 32.2. The van der Waals surface area contributed by atoms with E-state index in [0.717, 1.165) is 0 Å². The summed E-state index contributed by atoms with van der Waals surface area (Å²) in [6.07, 6.45) is 0. The third-order valence-electron chi connectivity index (χ3n) is 2.97. The molecule has 8 heteroatoms. The van der Waals surface area contributed by atoms with Gasteiger partial charge in [-0.25, -0.2) is 8.42 Å². The molecule has 7 nitrogen and oxygen atoms in total. The van der Waals surface area contributed by atoms with Gasteiger partial charge in [-0.2, -0.15) is 4.31 Å². The van der Waals surface area contributed by atoms with Crippen molar-refractivity contribution in [3.63, 3.8) is 0 Å². The zero-order valence-electron chi connectivity index (χ0n) is 12.8. The summed E-state index contributed by atoms with van der Waals surface area (Å²) in [5.41, 5.74) is 0. The maximum absolute atomic E-state index is 12.3. The fourth-order valence-electron chi connectivity index (χ4n) is 1.82. The van der Waals surface area contributed by atoms with Gasteiger partial charge in [-0.3, -0.25) is 4.79 Å². The molecule has 124 valence electrons. The van der Waals surface area contributed by atoms with Gasteiger partial charge in [0.1, 0.15) is 5.75 Å². The van der Waals surface area contributed by atoms with E-state index in [4.69, 9.17) is 9.84 Å². The molecule has 1 aromatic carbocycles. The lowest BCUT2D eigenvalue weighted by Gasteiger charge is -2.18. The topological polar surface area (TPSA) is 95.9 Å². The molecule has 0 spiro atoms. The molecule has 1 aromatic rings. The molecule has 0 fully saturated rings. The molecular weight excluding hydrogens is 308 g/mol. The van der Waals surface area contributed by atoms with E-state index < -0.39 is 10.0 Å². The van der Waals surface area contributed by atoms with Crippen LogP contribution >= 0.6 is 0 Å². The molecule has 0 aliphatic heterocycles. The normalized spacial score (nSPS) is 11.5. The number of carbonyl (C=O) groups is 1. The number of nitrogens with one attached hydrogen (secondary N) is 1. The Morgan fingerprint density at radius 3 is 2.32 bits per heavy atom. The third kappa shape index (κ3) is 4.97. The lowest BCUT2D eigenvalue weighted by Crippen LogP contribution is -2.31. The van der Waals surface area contributed by atoms with Crippen molar-refractivity contribution in [2.45, 2.75) is 18.7 Å². The summed E-state index contributed by atoms with van der Waals surface area (Å²) < 4.78 is 31.2. The predicted molar refractivity (Wildman–Crippen MR) is 82.1 cm³/mol. The van der Waals surface area contributed by atoms with Gasteiger partial charge < -0.3 is 15.2 Å². The minimum absolute atomic E-state index is 0.135. The van der Waals surface area contributed by atoms with Gasteiger partial charge in [-0.15, -0.1) is 0 Å². The Balaban J connectivity index is 2.69. The first kappa shape index (κ1) is 18.4. The average Bonchev–Trinajstić information content (AvgIpc) is 2.52. The van der Waals surface area contributed by atoms with Crippen LogP contribution in [0.25, 0.3) is 0 Å². The number of benzene rings is 1. The summed E-state index contributed by atoms with van der Waals surface area (Å²) in [4.78, 5) is 11.5. The first-order valence-electron chi connectivity index (χ1n) is 7.06. The van der Waals surface area contributed by atoms with E-state index in [0.29, 0.717) is 18.8 Å². The lowest BCUT2D eigenvalue weighted by molar-refractivity contribution is -0.123. The number of hydrogen-bond donors (Lipinski definition) is 2. The second-order valence-electron chi connectivity index (χ2n) is 4.42. The largest absolute Gasteiger partial charge is 0.484 e. The van der Waals surface area contributed by atoms with E-state index in [1.54, 1.807) is 13.8 Å². The van der Waals surface area contributed by atoms with Crippen LogP contribution in [0.2, 0.25) is 0 Å². The van der Waals surface area contributed by atoms with Crippen LogP contribution in [0.5, 0.6) is 5.75 Å². The highest BCUT2D eigenvalue weighted by Gasteiger charge is 2.21. The lowest BCUT2D eigenvalue weighted by atomic mass is 10.3. The molecule has 0 radical (unpaired) electrons. The standard InChI is InChI=1S/C14H22N2O5S/c1-3-16(4-2)22(19,20)13-7-5-12(6-8-13)21-11-14(18)15-9-10-17/h5-8,17H,3-4,9-11H2,1-2H3,(H,15,18). The van der Waals surface area contributed by atoms with Gasteiger partial charge in [0, 0.05) is 19.6 Å². The first-order valence-corrected chi connectivity index (χ1v) is 8.50. The SMILES string of the molecule is CCN(CC)S(=O)(=O)c1ccc(OCC(=O)NCCO)cc1. The Hall–Kier alpha value is -1.64. The van der Waals surface area contributed by atoms with E-state index in [-0.39, 0.29) is 30.6 Å². The van der Waals surface area contributed by atoms with Crippen LogP contribution in [0.3, 0.4) is 0 Å². The average molecular weight is 330 g/mol. The van der Waals surface area contributed by atoms with Crippen molar-refractivity contribution in [3.8, 4) is 5.75 Å². The van der Waals surface area contributed by atoms with Crippen LogP contribution in [-0.4, -0.2) is 56.6 Å². The van der Waals surface area contributed by atoms with Gasteiger partial charge in [-0.05, 0) is 24.3 Å². The molecule has 0 unspecified atom stereocenters. The Labute approximate surface area is 130 Å². The fraction of sp³-hybridized carbons (Fsp3) is 0.500. The van der Waals surface area contributed by atoms with Crippen molar-refractivity contribution in [3.05, 3.63) is 24.3 Å². The van der Waals surface area contributed by atoms with Crippen LogP contribution in [0.1, 0.15) is 13.8 Å². The van der Waals surface area contributed by atoms with Gasteiger partial charge in [-0.1, -0.05) is 13.8 Å². The van der Waals surface area contributed by atoms with Crippen molar-refractivity contribution < 1.29 is 23.1 Å². The molecule has 1 rings (SSSR count). The van der Waals surface area contributed by atoms with Crippen molar-refractivity contribution in [2.75, 3.05) is 32.8 Å². The summed E-state index contributed by atoms with van der Waals surface area (Å²) >= 11 is 0. The number of amides is 1. The number of carbonyl (C=O) groups excluding carboxylic acids is 1. The van der Waals surface area contributed by atoms with Crippen molar-refractivity contribution >= 4 is 15.9 Å². The van der Waals surface area contributed by atoms with Crippen LogP contribution in [0.15, 0.2) is 29.2 Å². The molecule has 0 saturated carbocycles. The molecule has 0 aliphatic carbocycles. The van der Waals surface area contributed by atoms with Gasteiger partial charge in [0.15, 0.2) is 6.61 Å². The van der Waals surface area contributed by atoms with Crippen LogP contribution in [-0.2, 0) is 14.8 Å². The zero-order chi connectivity index (χ0) is 16.6. The van der Waals surface area contributed by atoms with Crippen molar-refractivity contribution in [1.29, 1.82) is 0 Å². The Morgan fingerprint density at radius 1 is 1.23 bits per heavy atom. The number of rotatable bonds is 9. The van der Waals surface area contributed by atoms with Gasteiger partial charge >= 0.3 is 0 Å². The molecule has 1 amide bonds. The maximum Gasteiger partial charge on any atom is 0.258 e. The molecule has 0 saturated heterocycles. The van der Waals surface area contributed by atoms with Crippen molar-refractivity contribution in [1.82, 2.24) is 9.62 Å². The van der Waals surface area contributed by atoms with Gasteiger partial charge in [0.2, 0.25) is 10.0 Å². The maximum atomic E-state index is 12.3. The molecule has 0 bridgehead atoms. The van der Waals surface area contributed by atoms with E-state index in [1.807, 2.05) is 0 Å². The number of ether oxygens (including phenoxy) is 1. The van der Waals surface area contributed by atoms with E-state index in [9.17, 15) is 13.2 Å². The number of nitrogens with zero attached hydrogens (tertiary/aromatic N) is 1. The second-order valence-corrected chi connectivity index (χ2v) is 6.36. The zero-order valence-corrected chi connectivity index (χ0v) is 13.6. The minimum atomic E-state index is -3.49. The summed E-state index contributed by atoms with van der Waals surface area (Å²) in [5, 5.41) is 11.0. The van der Waals surface area contributed by atoms with Crippen LogP contribution in [0, 0.1) is 0 Å². The highest BCUT2D eigenvalue weighted by Crippen LogP contribution is 2.19. The minimum Gasteiger partial charge on any atom is -0.484 e. The van der Waals surface area contributed by atoms with Crippen molar-refractivity contribution in [2.24, 2.45) is 0 Å². The summed E-state index contributed by atoms with van der Waals surface area (Å²) in [6, 6.07) is 5.93.